The maximum Gasteiger partial charge on any atom is 0.303 e. The van der Waals surface area contributed by atoms with Crippen LogP contribution < -0.4 is 5.32 Å². The van der Waals surface area contributed by atoms with Gasteiger partial charge in [0.25, 0.3) is 0 Å². The van der Waals surface area contributed by atoms with Gasteiger partial charge in [0.15, 0.2) is 67.9 Å². The van der Waals surface area contributed by atoms with Crippen LogP contribution in [-0.4, -0.2) is 237 Å². The van der Waals surface area contributed by atoms with E-state index in [1.54, 1.807) is 0 Å². The molecule has 1 amide bonds. The van der Waals surface area contributed by atoms with Gasteiger partial charge < -0.3 is 105 Å². The lowest BCUT2D eigenvalue weighted by Gasteiger charge is -2.49. The smallest absolute Gasteiger partial charge is 0.303 e. The van der Waals surface area contributed by atoms with E-state index in [0.29, 0.717) is 6.61 Å². The van der Waals surface area contributed by atoms with Crippen LogP contribution >= 0.6 is 0 Å². The van der Waals surface area contributed by atoms with E-state index in [1.807, 2.05) is 91.0 Å². The van der Waals surface area contributed by atoms with E-state index in [0.717, 1.165) is 85.0 Å². The molecule has 20 atom stereocenters. The maximum atomic E-state index is 13.3. The highest BCUT2D eigenvalue weighted by Crippen LogP contribution is 2.38. The van der Waals surface area contributed by atoms with E-state index in [-0.39, 0.29) is 46.1 Å². The van der Waals surface area contributed by atoms with Crippen molar-refractivity contribution in [2.75, 3.05) is 46.2 Å². The first kappa shape index (κ1) is 85.3. The number of rotatable bonds is 37. The molecule has 0 spiro atoms. The predicted octanol–water partition coefficient (Wildman–Crippen LogP) is 4.97. The summed E-state index contributed by atoms with van der Waals surface area (Å²) in [6.45, 7) is 15.7. The molecule has 4 aliphatic rings. The Morgan fingerprint density at radius 2 is 0.717 bits per heavy atom. The normalized spacial score (nSPS) is 28.7. The van der Waals surface area contributed by atoms with Crippen molar-refractivity contribution < 1.29 is 147 Å². The average molecular weight is 1510 g/mol. The second-order valence-electron chi connectivity index (χ2n) is 26.7. The standard InChI is InChI=1S/C73H99NO31Si/c1-41(75)74-58-63(96-46(6)80)60(94-44(4)78)57(40-93-72-68(99-49(9)83)66(98-48(8)82)62(56(103-72)39-90-43(3)77)105-73-69(100-50(10)84)65(97-47(7)81)61(95-45(5)79)55(104-73)38-89-42(2)76)101-70(58)87-31-23-30-86-59-54(37-85-34-51-24-17-14-18-25-51)102-71(88-32-33-106(11,12)13)67(92-36-53-28-21-16-22-29-53)64(59)91-35-52-26-19-15-20-27-52/h14-22,24-29,54-73H,23,30-40H2,1-13H3,(H,74,75)/t54-,55-,56-,57-,58-,59-,60-,61+,62-,63-,64+,65+,66+,67-,68-,69-,70-,71-,72-,73+/m1/s1. The lowest BCUT2D eigenvalue weighted by atomic mass is 9.95. The van der Waals surface area contributed by atoms with Crippen molar-refractivity contribution in [1.29, 1.82) is 0 Å². The van der Waals surface area contributed by atoms with Crippen LogP contribution in [0.15, 0.2) is 91.0 Å². The number of benzene rings is 3. The molecule has 4 saturated heterocycles. The molecule has 0 saturated carbocycles. The van der Waals surface area contributed by atoms with E-state index in [2.05, 4.69) is 25.0 Å². The van der Waals surface area contributed by atoms with Gasteiger partial charge in [-0.05, 0) is 29.2 Å². The molecule has 0 aromatic heterocycles. The van der Waals surface area contributed by atoms with Crippen molar-refractivity contribution in [3.63, 3.8) is 0 Å². The minimum absolute atomic E-state index is 0.0343. The molecule has 4 fully saturated rings. The summed E-state index contributed by atoms with van der Waals surface area (Å²) in [5.74, 6) is -9.16. The molecule has 3 aromatic rings. The van der Waals surface area contributed by atoms with Crippen LogP contribution in [0.4, 0.5) is 0 Å². The monoisotopic (exact) mass is 1510 g/mol. The Bertz CT molecular complexity index is 3330. The first-order chi connectivity index (χ1) is 50.4. The quantitative estimate of drug-likeness (QED) is 0.0344. The summed E-state index contributed by atoms with van der Waals surface area (Å²) in [6.07, 6.45) is -28.7. The molecule has 586 valence electrons. The van der Waals surface area contributed by atoms with E-state index in [4.69, 9.17) is 99.5 Å². The third-order valence-corrected chi connectivity index (χ3v) is 18.2. The first-order valence-corrected chi connectivity index (χ1v) is 38.5. The number of hydrogen-bond donors (Lipinski definition) is 1. The number of hydrogen-bond acceptors (Lipinski definition) is 31. The van der Waals surface area contributed by atoms with Crippen LogP contribution in [-0.2, 0) is 167 Å². The average Bonchev–Trinajstić information content (AvgIpc) is 0.772. The summed E-state index contributed by atoms with van der Waals surface area (Å²) >= 11 is 0. The molecule has 0 bridgehead atoms. The molecule has 1 N–H and O–H groups in total. The molecular weight excluding hydrogens is 1410 g/mol. The second-order valence-corrected chi connectivity index (χ2v) is 32.3. The number of amides is 1. The minimum atomic E-state index is -1.99. The van der Waals surface area contributed by atoms with Gasteiger partial charge in [-0.2, -0.15) is 0 Å². The Labute approximate surface area is 616 Å². The third kappa shape index (κ3) is 27.4. The molecule has 4 heterocycles. The Balaban J connectivity index is 1.20. The number of carbonyl (C=O) groups is 10. The molecule has 0 unspecified atom stereocenters. The summed E-state index contributed by atoms with van der Waals surface area (Å²) in [5.41, 5.74) is 2.69. The highest BCUT2D eigenvalue weighted by molar-refractivity contribution is 6.76. The fraction of sp³-hybridized carbons (Fsp3) is 0.616. The van der Waals surface area contributed by atoms with Crippen molar-refractivity contribution in [1.82, 2.24) is 5.32 Å². The Kier molecular flexibility index (Phi) is 33.8. The molecule has 3 aromatic carbocycles. The van der Waals surface area contributed by atoms with Crippen LogP contribution in [0.25, 0.3) is 0 Å². The summed E-state index contributed by atoms with van der Waals surface area (Å²) in [6, 6.07) is 28.3. The van der Waals surface area contributed by atoms with E-state index >= 15 is 0 Å². The summed E-state index contributed by atoms with van der Waals surface area (Å²) < 4.78 is 130. The van der Waals surface area contributed by atoms with Gasteiger partial charge >= 0.3 is 53.7 Å². The van der Waals surface area contributed by atoms with Gasteiger partial charge in [-0.3, -0.25) is 47.9 Å². The number of ether oxygens (including phenoxy) is 21. The van der Waals surface area contributed by atoms with Gasteiger partial charge in [-0.25, -0.2) is 0 Å². The van der Waals surface area contributed by atoms with Crippen molar-refractivity contribution in [2.24, 2.45) is 0 Å². The van der Waals surface area contributed by atoms with Crippen LogP contribution in [0.5, 0.6) is 0 Å². The van der Waals surface area contributed by atoms with Gasteiger partial charge in [0.05, 0.1) is 39.6 Å². The molecular formula is C73H99NO31Si. The van der Waals surface area contributed by atoms with Gasteiger partial charge in [0, 0.05) is 90.5 Å². The molecule has 0 radical (unpaired) electrons. The Morgan fingerprint density at radius 3 is 1.21 bits per heavy atom. The maximum absolute atomic E-state index is 13.3. The van der Waals surface area contributed by atoms with Crippen LogP contribution in [0.2, 0.25) is 25.7 Å². The van der Waals surface area contributed by atoms with Crippen molar-refractivity contribution in [2.45, 2.75) is 244 Å². The van der Waals surface area contributed by atoms with Gasteiger partial charge in [-0.1, -0.05) is 111 Å². The zero-order valence-corrected chi connectivity index (χ0v) is 62.8. The largest absolute Gasteiger partial charge is 0.463 e. The number of carbonyl (C=O) groups excluding carboxylic acids is 10. The zero-order chi connectivity index (χ0) is 77.2. The van der Waals surface area contributed by atoms with Crippen LogP contribution in [0.1, 0.15) is 92.3 Å². The van der Waals surface area contributed by atoms with Crippen LogP contribution in [0, 0.1) is 0 Å². The van der Waals surface area contributed by atoms with Crippen molar-refractivity contribution >= 4 is 67.7 Å². The zero-order valence-electron chi connectivity index (χ0n) is 61.8. The lowest BCUT2D eigenvalue weighted by Crippen LogP contribution is -2.68. The van der Waals surface area contributed by atoms with Crippen molar-refractivity contribution in [3.8, 4) is 0 Å². The topological polar surface area (TPSA) is 377 Å². The molecule has 32 nitrogen and oxygen atoms in total. The fourth-order valence-corrected chi connectivity index (χ4v) is 12.8. The fourth-order valence-electron chi connectivity index (χ4n) is 12.1. The third-order valence-electron chi connectivity index (χ3n) is 16.5. The molecule has 106 heavy (non-hydrogen) atoms. The van der Waals surface area contributed by atoms with Crippen molar-refractivity contribution in [3.05, 3.63) is 108 Å². The molecule has 4 aliphatic heterocycles. The minimum Gasteiger partial charge on any atom is -0.463 e. The SMILES string of the molecule is CC(=O)N[C@H]1[C@H](OCCCO[C@H]2[C@H](OCc3ccccc3)[C@@H](OCc3ccccc3)[C@H](OCC[Si](C)(C)C)O[C@@H]2COCc2ccccc2)O[C@H](CO[C@@H]2O[C@H](COC(C)=O)[C@@H](O[C@@H]3O[C@H](COC(C)=O)[C@H](OC(C)=O)[C@H](OC(C)=O)[C@H]3OC(C)=O)[C@H](OC(C)=O)[C@H]2OC(C)=O)[C@@H](OC(C)=O)[C@@H]1OC(C)=O. The highest BCUT2D eigenvalue weighted by atomic mass is 28.3. The highest BCUT2D eigenvalue weighted by Gasteiger charge is 2.59. The number of nitrogens with one attached hydrogen (secondary N) is 1. The predicted molar refractivity (Wildman–Crippen MR) is 366 cm³/mol. The second kappa shape index (κ2) is 42.0. The Morgan fingerprint density at radius 1 is 0.340 bits per heavy atom. The van der Waals surface area contributed by atoms with E-state index in [1.165, 1.54) is 6.92 Å². The van der Waals surface area contributed by atoms with E-state index < -0.39 is 210 Å². The Hall–Kier alpha value is -7.90. The van der Waals surface area contributed by atoms with Gasteiger partial charge in [0.1, 0.15) is 68.1 Å². The van der Waals surface area contributed by atoms with Gasteiger partial charge in [0.2, 0.25) is 5.91 Å². The first-order valence-electron chi connectivity index (χ1n) is 34.8. The lowest BCUT2D eigenvalue weighted by molar-refractivity contribution is -0.364. The molecule has 0 aliphatic carbocycles. The van der Waals surface area contributed by atoms with Gasteiger partial charge in [-0.15, -0.1) is 0 Å². The van der Waals surface area contributed by atoms with E-state index in [9.17, 15) is 47.9 Å². The summed E-state index contributed by atoms with van der Waals surface area (Å²) in [5, 5.41) is 2.71. The summed E-state index contributed by atoms with van der Waals surface area (Å²) in [4.78, 5) is 129. The summed E-state index contributed by atoms with van der Waals surface area (Å²) in [7, 11) is -1.62. The molecule has 33 heteroatoms. The number of esters is 9. The van der Waals surface area contributed by atoms with Crippen LogP contribution in [0.3, 0.4) is 0 Å². The molecule has 7 rings (SSSR count).